The van der Waals surface area contributed by atoms with Crippen LogP contribution in [0.15, 0.2) is 4.52 Å². The Bertz CT molecular complexity index is 539. The number of nitrogens with one attached hydrogen (secondary N) is 1. The standard InChI is InChI=1S/C14H27N3O3S/c1-7-8-15-10(4)12(9(2)3)14-16-13(17-20-14)11(5)21(6,18)19/h9-12,15H,7-8H2,1-6H3. The van der Waals surface area contributed by atoms with Gasteiger partial charge in [-0.1, -0.05) is 25.9 Å². The van der Waals surface area contributed by atoms with Crippen molar-refractivity contribution in [3.8, 4) is 0 Å². The fourth-order valence-corrected chi connectivity index (χ4v) is 2.79. The molecule has 0 aliphatic heterocycles. The monoisotopic (exact) mass is 317 g/mol. The van der Waals surface area contributed by atoms with Crippen LogP contribution < -0.4 is 5.32 Å². The first-order chi connectivity index (χ1) is 9.68. The van der Waals surface area contributed by atoms with Gasteiger partial charge >= 0.3 is 0 Å². The summed E-state index contributed by atoms with van der Waals surface area (Å²) in [5.41, 5.74) is 0. The summed E-state index contributed by atoms with van der Waals surface area (Å²) in [5, 5.41) is 6.54. The van der Waals surface area contributed by atoms with Crippen molar-refractivity contribution in [3.63, 3.8) is 0 Å². The van der Waals surface area contributed by atoms with Gasteiger partial charge in [-0.05, 0) is 32.7 Å². The Kier molecular flexibility index (Phi) is 6.34. The highest BCUT2D eigenvalue weighted by Crippen LogP contribution is 2.28. The molecule has 1 rings (SSSR count). The summed E-state index contributed by atoms with van der Waals surface area (Å²) in [6.45, 7) is 10.9. The van der Waals surface area contributed by atoms with Gasteiger partial charge in [0.15, 0.2) is 15.7 Å². The molecule has 3 unspecified atom stereocenters. The third kappa shape index (κ3) is 4.78. The minimum atomic E-state index is -3.22. The van der Waals surface area contributed by atoms with Gasteiger partial charge in [-0.2, -0.15) is 4.98 Å². The molecule has 0 aliphatic carbocycles. The number of hydrogen-bond donors (Lipinski definition) is 1. The van der Waals surface area contributed by atoms with E-state index < -0.39 is 15.1 Å². The fourth-order valence-electron chi connectivity index (χ4n) is 2.31. The lowest BCUT2D eigenvalue weighted by Crippen LogP contribution is -2.35. The molecule has 7 heteroatoms. The van der Waals surface area contributed by atoms with E-state index in [1.54, 1.807) is 6.92 Å². The van der Waals surface area contributed by atoms with Gasteiger partial charge < -0.3 is 9.84 Å². The Morgan fingerprint density at radius 2 is 1.86 bits per heavy atom. The number of nitrogens with zero attached hydrogens (tertiary/aromatic N) is 2. The second-order valence-corrected chi connectivity index (χ2v) is 8.34. The van der Waals surface area contributed by atoms with Gasteiger partial charge in [-0.3, -0.25) is 0 Å². The molecule has 122 valence electrons. The third-order valence-electron chi connectivity index (χ3n) is 3.72. The molecule has 0 saturated carbocycles. The van der Waals surface area contributed by atoms with E-state index in [-0.39, 0.29) is 17.8 Å². The van der Waals surface area contributed by atoms with Crippen molar-refractivity contribution in [2.75, 3.05) is 12.8 Å². The van der Waals surface area contributed by atoms with Crippen LogP contribution in [0.1, 0.15) is 63.9 Å². The molecular formula is C14H27N3O3S. The van der Waals surface area contributed by atoms with E-state index in [0.29, 0.717) is 11.8 Å². The molecule has 0 aromatic carbocycles. The van der Waals surface area contributed by atoms with Crippen LogP contribution in [-0.2, 0) is 9.84 Å². The van der Waals surface area contributed by atoms with E-state index in [1.807, 2.05) is 0 Å². The molecule has 1 aromatic heterocycles. The highest BCUT2D eigenvalue weighted by Gasteiger charge is 2.30. The number of sulfone groups is 1. The van der Waals surface area contributed by atoms with Crippen LogP contribution in [0.3, 0.4) is 0 Å². The largest absolute Gasteiger partial charge is 0.339 e. The Balaban J connectivity index is 2.98. The molecule has 0 spiro atoms. The lowest BCUT2D eigenvalue weighted by atomic mass is 9.89. The summed E-state index contributed by atoms with van der Waals surface area (Å²) in [7, 11) is -3.22. The number of aromatic nitrogens is 2. The molecule has 0 fully saturated rings. The van der Waals surface area contributed by atoms with Crippen molar-refractivity contribution in [2.45, 2.75) is 58.2 Å². The smallest absolute Gasteiger partial charge is 0.231 e. The van der Waals surface area contributed by atoms with Crippen LogP contribution in [0.2, 0.25) is 0 Å². The Morgan fingerprint density at radius 3 is 2.33 bits per heavy atom. The maximum atomic E-state index is 11.6. The minimum Gasteiger partial charge on any atom is -0.339 e. The van der Waals surface area contributed by atoms with Crippen LogP contribution in [0, 0.1) is 5.92 Å². The van der Waals surface area contributed by atoms with Crippen LogP contribution in [0.25, 0.3) is 0 Å². The second kappa shape index (κ2) is 7.35. The van der Waals surface area contributed by atoms with Crippen molar-refractivity contribution >= 4 is 9.84 Å². The van der Waals surface area contributed by atoms with E-state index in [4.69, 9.17) is 4.52 Å². The van der Waals surface area contributed by atoms with Crippen LogP contribution in [0.5, 0.6) is 0 Å². The normalized spacial score (nSPS) is 16.9. The molecule has 1 aromatic rings. The lowest BCUT2D eigenvalue weighted by molar-refractivity contribution is 0.279. The zero-order valence-corrected chi connectivity index (χ0v) is 14.6. The first-order valence-corrected chi connectivity index (χ1v) is 9.39. The van der Waals surface area contributed by atoms with Gasteiger partial charge in [0.1, 0.15) is 5.25 Å². The van der Waals surface area contributed by atoms with Gasteiger partial charge in [0.05, 0.1) is 5.92 Å². The summed E-state index contributed by atoms with van der Waals surface area (Å²) in [4.78, 5) is 4.33. The molecule has 0 aliphatic rings. The number of hydrogen-bond acceptors (Lipinski definition) is 6. The third-order valence-corrected chi connectivity index (χ3v) is 5.22. The highest BCUT2D eigenvalue weighted by atomic mass is 32.2. The van der Waals surface area contributed by atoms with Crippen LogP contribution in [0.4, 0.5) is 0 Å². The van der Waals surface area contributed by atoms with Gasteiger partial charge in [0.25, 0.3) is 0 Å². The molecular weight excluding hydrogens is 290 g/mol. The summed E-state index contributed by atoms with van der Waals surface area (Å²) in [6.07, 6.45) is 2.23. The molecule has 1 N–H and O–H groups in total. The van der Waals surface area contributed by atoms with Crippen molar-refractivity contribution < 1.29 is 12.9 Å². The maximum Gasteiger partial charge on any atom is 0.231 e. The molecule has 0 bridgehead atoms. The number of rotatable bonds is 8. The minimum absolute atomic E-state index is 0.0598. The van der Waals surface area contributed by atoms with Crippen LogP contribution in [-0.4, -0.2) is 37.4 Å². The average Bonchev–Trinajstić information content (AvgIpc) is 2.83. The van der Waals surface area contributed by atoms with Gasteiger partial charge in [-0.25, -0.2) is 8.42 Å². The quantitative estimate of drug-likeness (QED) is 0.792. The molecule has 0 amide bonds. The first kappa shape index (κ1) is 18.1. The Hall–Kier alpha value is -0.950. The zero-order valence-electron chi connectivity index (χ0n) is 13.8. The second-order valence-electron chi connectivity index (χ2n) is 5.98. The van der Waals surface area contributed by atoms with Gasteiger partial charge in [-0.15, -0.1) is 0 Å². The Labute approximate surface area is 127 Å². The molecule has 0 saturated heterocycles. The van der Waals surface area contributed by atoms with Crippen molar-refractivity contribution in [2.24, 2.45) is 5.92 Å². The summed E-state index contributed by atoms with van der Waals surface area (Å²) in [6, 6.07) is 0.187. The topological polar surface area (TPSA) is 85.1 Å². The van der Waals surface area contributed by atoms with Gasteiger partial charge in [0, 0.05) is 12.3 Å². The van der Waals surface area contributed by atoms with E-state index in [2.05, 4.69) is 43.2 Å². The Morgan fingerprint density at radius 1 is 1.24 bits per heavy atom. The SMILES string of the molecule is CCCNC(C)C(c1nc(C(C)S(C)(=O)=O)no1)C(C)C. The van der Waals surface area contributed by atoms with E-state index in [9.17, 15) is 8.42 Å². The van der Waals surface area contributed by atoms with Gasteiger partial charge in [0.2, 0.25) is 5.89 Å². The van der Waals surface area contributed by atoms with Crippen molar-refractivity contribution in [1.29, 1.82) is 0 Å². The predicted molar refractivity (Wildman–Crippen MR) is 82.9 cm³/mol. The molecule has 0 radical (unpaired) electrons. The molecule has 3 atom stereocenters. The average molecular weight is 317 g/mol. The van der Waals surface area contributed by atoms with Crippen molar-refractivity contribution in [3.05, 3.63) is 11.7 Å². The molecule has 6 nitrogen and oxygen atoms in total. The van der Waals surface area contributed by atoms with E-state index in [1.165, 1.54) is 6.26 Å². The van der Waals surface area contributed by atoms with Crippen LogP contribution >= 0.6 is 0 Å². The molecule has 21 heavy (non-hydrogen) atoms. The zero-order chi connectivity index (χ0) is 16.2. The lowest BCUT2D eigenvalue weighted by Gasteiger charge is -2.25. The summed E-state index contributed by atoms with van der Waals surface area (Å²) in [5.74, 6) is 1.11. The first-order valence-electron chi connectivity index (χ1n) is 7.44. The van der Waals surface area contributed by atoms with E-state index in [0.717, 1.165) is 13.0 Å². The van der Waals surface area contributed by atoms with E-state index >= 15 is 0 Å². The predicted octanol–water partition coefficient (Wildman–Crippen LogP) is 2.30. The molecule has 1 heterocycles. The fraction of sp³-hybridized carbons (Fsp3) is 0.857. The van der Waals surface area contributed by atoms with Crippen molar-refractivity contribution in [1.82, 2.24) is 15.5 Å². The summed E-state index contributed by atoms with van der Waals surface area (Å²) < 4.78 is 28.5. The maximum absolute atomic E-state index is 11.6. The highest BCUT2D eigenvalue weighted by molar-refractivity contribution is 7.90. The summed E-state index contributed by atoms with van der Waals surface area (Å²) >= 11 is 0.